The van der Waals surface area contributed by atoms with Crippen LogP contribution in [0.2, 0.25) is 0 Å². The summed E-state index contributed by atoms with van der Waals surface area (Å²) in [4.78, 5) is 18.7. The van der Waals surface area contributed by atoms with Crippen LogP contribution >= 0.6 is 0 Å². The standard InChI is InChI=1S/C18H36N4O/c1-4-7-10-16(5-2)15-21-18(19-6-3)20-12-11-17(23)22-13-8-9-14-22/h16H,4-15H2,1-3H3,(H2,19,20,21). The third-order valence-corrected chi connectivity index (χ3v) is 4.49. The minimum Gasteiger partial charge on any atom is -0.357 e. The molecule has 0 aromatic carbocycles. The van der Waals surface area contributed by atoms with Crippen molar-refractivity contribution in [2.75, 3.05) is 32.7 Å². The molecule has 0 spiro atoms. The van der Waals surface area contributed by atoms with Gasteiger partial charge in [-0.1, -0.05) is 33.1 Å². The fraction of sp³-hybridized carbons (Fsp3) is 0.889. The molecule has 1 saturated heterocycles. The lowest BCUT2D eigenvalue weighted by Crippen LogP contribution is -2.40. The van der Waals surface area contributed by atoms with Crippen LogP contribution in [0.5, 0.6) is 0 Å². The van der Waals surface area contributed by atoms with Crippen LogP contribution in [-0.4, -0.2) is 49.5 Å². The van der Waals surface area contributed by atoms with Crippen LogP contribution in [0.25, 0.3) is 0 Å². The van der Waals surface area contributed by atoms with Gasteiger partial charge in [0.05, 0.1) is 0 Å². The van der Waals surface area contributed by atoms with Crippen molar-refractivity contribution in [2.24, 2.45) is 10.9 Å². The predicted molar refractivity (Wildman–Crippen MR) is 97.7 cm³/mol. The summed E-state index contributed by atoms with van der Waals surface area (Å²) in [6.07, 6.45) is 7.81. The monoisotopic (exact) mass is 324 g/mol. The molecule has 1 atom stereocenters. The van der Waals surface area contributed by atoms with Crippen LogP contribution in [0.1, 0.15) is 65.7 Å². The van der Waals surface area contributed by atoms with Gasteiger partial charge in [-0.3, -0.25) is 9.79 Å². The Balaban J connectivity index is 2.34. The number of nitrogens with one attached hydrogen (secondary N) is 2. The van der Waals surface area contributed by atoms with Crippen molar-refractivity contribution in [3.63, 3.8) is 0 Å². The number of carbonyl (C=O) groups is 1. The molecule has 1 amide bonds. The first-order chi connectivity index (χ1) is 11.2. The van der Waals surface area contributed by atoms with E-state index >= 15 is 0 Å². The third kappa shape index (κ3) is 8.24. The Morgan fingerprint density at radius 2 is 1.91 bits per heavy atom. The van der Waals surface area contributed by atoms with Crippen molar-refractivity contribution in [3.05, 3.63) is 0 Å². The molecule has 0 radical (unpaired) electrons. The van der Waals surface area contributed by atoms with Crippen LogP contribution < -0.4 is 10.6 Å². The van der Waals surface area contributed by atoms with Crippen molar-refractivity contribution in [3.8, 4) is 0 Å². The van der Waals surface area contributed by atoms with E-state index in [0.29, 0.717) is 18.9 Å². The highest BCUT2D eigenvalue weighted by atomic mass is 16.2. The summed E-state index contributed by atoms with van der Waals surface area (Å²) >= 11 is 0. The van der Waals surface area contributed by atoms with Crippen LogP contribution in [0.3, 0.4) is 0 Å². The van der Waals surface area contributed by atoms with E-state index in [1.165, 1.54) is 25.7 Å². The van der Waals surface area contributed by atoms with E-state index in [-0.39, 0.29) is 5.91 Å². The molecular weight excluding hydrogens is 288 g/mol. The molecule has 1 unspecified atom stereocenters. The molecule has 5 nitrogen and oxygen atoms in total. The largest absolute Gasteiger partial charge is 0.357 e. The zero-order valence-electron chi connectivity index (χ0n) is 15.4. The number of hydrogen-bond donors (Lipinski definition) is 2. The lowest BCUT2D eigenvalue weighted by atomic mass is 10.00. The maximum Gasteiger partial charge on any atom is 0.224 e. The van der Waals surface area contributed by atoms with Gasteiger partial charge in [0.25, 0.3) is 0 Å². The molecule has 1 aliphatic heterocycles. The zero-order chi connectivity index (χ0) is 16.9. The van der Waals surface area contributed by atoms with Crippen molar-refractivity contribution in [2.45, 2.75) is 65.7 Å². The van der Waals surface area contributed by atoms with Gasteiger partial charge in [-0.05, 0) is 32.1 Å². The van der Waals surface area contributed by atoms with E-state index < -0.39 is 0 Å². The highest BCUT2D eigenvalue weighted by Crippen LogP contribution is 2.12. The van der Waals surface area contributed by atoms with E-state index in [9.17, 15) is 4.79 Å². The number of hydrogen-bond acceptors (Lipinski definition) is 2. The predicted octanol–water partition coefficient (Wildman–Crippen LogP) is 2.77. The number of nitrogens with zero attached hydrogens (tertiary/aromatic N) is 2. The molecule has 1 rings (SSSR count). The van der Waals surface area contributed by atoms with E-state index in [1.54, 1.807) is 0 Å². The number of likely N-dealkylation sites (tertiary alicyclic amines) is 1. The zero-order valence-corrected chi connectivity index (χ0v) is 15.4. The highest BCUT2D eigenvalue weighted by molar-refractivity contribution is 5.81. The van der Waals surface area contributed by atoms with E-state index in [1.807, 2.05) is 4.90 Å². The van der Waals surface area contributed by atoms with E-state index in [2.05, 4.69) is 31.4 Å². The quantitative estimate of drug-likeness (QED) is 0.480. The van der Waals surface area contributed by atoms with Crippen LogP contribution in [0.4, 0.5) is 0 Å². The van der Waals surface area contributed by atoms with Crippen LogP contribution in [0.15, 0.2) is 4.99 Å². The minimum atomic E-state index is 0.264. The van der Waals surface area contributed by atoms with Gasteiger partial charge in [-0.2, -0.15) is 0 Å². The van der Waals surface area contributed by atoms with Gasteiger partial charge in [-0.15, -0.1) is 0 Å². The van der Waals surface area contributed by atoms with Crippen molar-refractivity contribution < 1.29 is 4.79 Å². The second-order valence-electron chi connectivity index (χ2n) is 6.40. The number of carbonyl (C=O) groups excluding carboxylic acids is 1. The van der Waals surface area contributed by atoms with Crippen molar-refractivity contribution in [1.29, 1.82) is 0 Å². The second kappa shape index (κ2) is 12.2. The van der Waals surface area contributed by atoms with Gasteiger partial charge >= 0.3 is 0 Å². The summed E-state index contributed by atoms with van der Waals surface area (Å²) < 4.78 is 0. The van der Waals surface area contributed by atoms with E-state index in [0.717, 1.165) is 45.0 Å². The number of unbranched alkanes of at least 4 members (excludes halogenated alkanes) is 1. The summed E-state index contributed by atoms with van der Waals surface area (Å²) in [5, 5.41) is 6.58. The van der Waals surface area contributed by atoms with Crippen LogP contribution in [0, 0.1) is 5.92 Å². The normalized spacial score (nSPS) is 16.5. The lowest BCUT2D eigenvalue weighted by Gasteiger charge is -2.17. The fourth-order valence-electron chi connectivity index (χ4n) is 2.89. The molecule has 0 bridgehead atoms. The van der Waals surface area contributed by atoms with Crippen molar-refractivity contribution in [1.82, 2.24) is 15.5 Å². The Bertz CT molecular complexity index is 351. The van der Waals surface area contributed by atoms with Gasteiger partial charge in [0, 0.05) is 39.1 Å². The molecular formula is C18H36N4O. The third-order valence-electron chi connectivity index (χ3n) is 4.49. The Morgan fingerprint density at radius 1 is 1.17 bits per heavy atom. The van der Waals surface area contributed by atoms with Gasteiger partial charge in [-0.25, -0.2) is 0 Å². The summed E-state index contributed by atoms with van der Waals surface area (Å²) in [7, 11) is 0. The van der Waals surface area contributed by atoms with E-state index in [4.69, 9.17) is 4.99 Å². The fourth-order valence-corrected chi connectivity index (χ4v) is 2.89. The molecule has 0 aliphatic carbocycles. The van der Waals surface area contributed by atoms with Gasteiger partial charge in [0.2, 0.25) is 5.91 Å². The number of amides is 1. The molecule has 0 aromatic rings. The molecule has 5 heteroatoms. The summed E-state index contributed by atoms with van der Waals surface area (Å²) in [6, 6.07) is 0. The first-order valence-corrected chi connectivity index (χ1v) is 9.51. The summed E-state index contributed by atoms with van der Waals surface area (Å²) in [5.74, 6) is 1.77. The highest BCUT2D eigenvalue weighted by Gasteiger charge is 2.17. The van der Waals surface area contributed by atoms with Crippen molar-refractivity contribution >= 4 is 11.9 Å². The summed E-state index contributed by atoms with van der Waals surface area (Å²) in [5.41, 5.74) is 0. The molecule has 0 saturated carbocycles. The SMILES string of the molecule is CCCCC(CC)CN=C(NCC)NCCC(=O)N1CCCC1. The molecule has 0 aromatic heterocycles. The Hall–Kier alpha value is -1.26. The Morgan fingerprint density at radius 3 is 2.52 bits per heavy atom. The maximum absolute atomic E-state index is 12.0. The molecule has 1 fully saturated rings. The first kappa shape index (κ1) is 19.8. The smallest absolute Gasteiger partial charge is 0.224 e. The maximum atomic E-state index is 12.0. The molecule has 1 heterocycles. The second-order valence-corrected chi connectivity index (χ2v) is 6.40. The number of rotatable bonds is 10. The number of guanidine groups is 1. The van der Waals surface area contributed by atoms with Gasteiger partial charge in [0.1, 0.15) is 0 Å². The van der Waals surface area contributed by atoms with Crippen LogP contribution in [-0.2, 0) is 4.79 Å². The number of aliphatic imine (C=N–C) groups is 1. The Labute approximate surface area is 142 Å². The topological polar surface area (TPSA) is 56.7 Å². The lowest BCUT2D eigenvalue weighted by molar-refractivity contribution is -0.129. The average molecular weight is 325 g/mol. The van der Waals surface area contributed by atoms with Gasteiger partial charge < -0.3 is 15.5 Å². The Kier molecular flexibility index (Phi) is 10.5. The molecule has 23 heavy (non-hydrogen) atoms. The first-order valence-electron chi connectivity index (χ1n) is 9.51. The molecule has 2 N–H and O–H groups in total. The van der Waals surface area contributed by atoms with Gasteiger partial charge in [0.15, 0.2) is 5.96 Å². The molecule has 1 aliphatic rings. The summed E-state index contributed by atoms with van der Waals surface area (Å²) in [6.45, 7) is 10.8. The average Bonchev–Trinajstić information content (AvgIpc) is 3.09. The minimum absolute atomic E-state index is 0.264. The molecule has 134 valence electrons.